The molecule has 11 heteroatoms. The summed E-state index contributed by atoms with van der Waals surface area (Å²) in [5.74, 6) is 0.789. The minimum absolute atomic E-state index is 0.0484. The predicted molar refractivity (Wildman–Crippen MR) is 129 cm³/mol. The average Bonchev–Trinajstić information content (AvgIpc) is 3.32. The fourth-order valence-corrected chi connectivity index (χ4v) is 3.78. The van der Waals surface area contributed by atoms with E-state index in [-0.39, 0.29) is 11.8 Å². The number of nitrogens with two attached hydrogens (primary N) is 2. The molecule has 0 fully saturated rings. The average molecular weight is 446 g/mol. The van der Waals surface area contributed by atoms with Crippen LogP contribution in [-0.4, -0.2) is 57.3 Å². The molecule has 0 atom stereocenters. The molecule has 0 amide bonds. The van der Waals surface area contributed by atoms with Crippen molar-refractivity contribution in [3.63, 3.8) is 0 Å². The molecule has 0 spiro atoms. The standard InChI is InChI=1S/C22H23FN10/c1-30(2)21-27-15-7-5-12(24)9-17(15)32(21)19-14(23)11-26-20(29-19)33-18-10-13(25)6-8-16(18)28-22(33)31(3)4/h5-11H,24-25H2,1-4H3. The smallest absolute Gasteiger partial charge is 0.239 e. The summed E-state index contributed by atoms with van der Waals surface area (Å²) in [6, 6.07) is 10.7. The summed E-state index contributed by atoms with van der Waals surface area (Å²) < 4.78 is 18.6. The number of rotatable bonds is 4. The molecule has 0 aliphatic carbocycles. The first kappa shape index (κ1) is 20.5. The Balaban J connectivity index is 1.82. The van der Waals surface area contributed by atoms with E-state index in [0.29, 0.717) is 39.8 Å². The lowest BCUT2D eigenvalue weighted by molar-refractivity contribution is 0.600. The van der Waals surface area contributed by atoms with Gasteiger partial charge in [0.25, 0.3) is 0 Å². The number of hydrogen-bond donors (Lipinski definition) is 2. The molecular weight excluding hydrogens is 423 g/mol. The van der Waals surface area contributed by atoms with E-state index in [4.69, 9.17) is 11.5 Å². The first-order chi connectivity index (χ1) is 15.7. The Morgan fingerprint density at radius 2 is 1.27 bits per heavy atom. The number of nitrogen functional groups attached to an aromatic ring is 2. The van der Waals surface area contributed by atoms with Crippen molar-refractivity contribution in [3.05, 3.63) is 48.4 Å². The summed E-state index contributed by atoms with van der Waals surface area (Å²) in [7, 11) is 7.39. The van der Waals surface area contributed by atoms with Gasteiger partial charge in [-0.1, -0.05) is 0 Å². The first-order valence-corrected chi connectivity index (χ1v) is 10.2. The Hall–Kier alpha value is -4.41. The van der Waals surface area contributed by atoms with Crippen LogP contribution in [0.2, 0.25) is 0 Å². The van der Waals surface area contributed by atoms with Crippen LogP contribution in [0.3, 0.4) is 0 Å². The van der Waals surface area contributed by atoms with Crippen molar-refractivity contribution in [1.29, 1.82) is 0 Å². The van der Waals surface area contributed by atoms with Crippen LogP contribution in [0.15, 0.2) is 42.6 Å². The van der Waals surface area contributed by atoms with Crippen molar-refractivity contribution in [2.24, 2.45) is 0 Å². The van der Waals surface area contributed by atoms with Gasteiger partial charge in [-0.15, -0.1) is 0 Å². The number of aromatic nitrogens is 6. The van der Waals surface area contributed by atoms with Gasteiger partial charge < -0.3 is 21.3 Å². The molecule has 5 aromatic rings. The zero-order valence-corrected chi connectivity index (χ0v) is 18.7. The summed E-state index contributed by atoms with van der Waals surface area (Å²) in [5, 5.41) is 0. The van der Waals surface area contributed by atoms with E-state index in [9.17, 15) is 0 Å². The van der Waals surface area contributed by atoms with Gasteiger partial charge in [-0.2, -0.15) is 4.98 Å². The highest BCUT2D eigenvalue weighted by Gasteiger charge is 2.22. The van der Waals surface area contributed by atoms with Crippen LogP contribution in [0.25, 0.3) is 33.8 Å². The molecule has 0 saturated heterocycles. The third-order valence-electron chi connectivity index (χ3n) is 5.25. The topological polar surface area (TPSA) is 120 Å². The van der Waals surface area contributed by atoms with Gasteiger partial charge in [-0.3, -0.25) is 4.57 Å². The van der Waals surface area contributed by atoms with Crippen molar-refractivity contribution in [1.82, 2.24) is 29.1 Å². The lowest BCUT2D eigenvalue weighted by Crippen LogP contribution is -2.18. The Kier molecular flexibility index (Phi) is 4.55. The molecule has 33 heavy (non-hydrogen) atoms. The Bertz CT molecular complexity index is 1520. The number of benzene rings is 2. The van der Waals surface area contributed by atoms with Gasteiger partial charge in [0.15, 0.2) is 11.6 Å². The number of fused-ring (bicyclic) bond motifs is 2. The number of nitrogens with zero attached hydrogens (tertiary/aromatic N) is 8. The van der Waals surface area contributed by atoms with Gasteiger partial charge in [0.2, 0.25) is 17.8 Å². The van der Waals surface area contributed by atoms with Gasteiger partial charge in [-0.25, -0.2) is 23.9 Å². The number of hydrogen-bond acceptors (Lipinski definition) is 8. The molecule has 3 heterocycles. The van der Waals surface area contributed by atoms with E-state index < -0.39 is 5.82 Å². The SMILES string of the molecule is CN(C)c1nc2ccc(N)cc2n1-c1ncc(F)c(-n2c(N(C)C)nc3ccc(N)cc32)n1. The molecule has 0 saturated carbocycles. The maximum absolute atomic E-state index is 15.2. The number of imidazole rings is 2. The van der Waals surface area contributed by atoms with Gasteiger partial charge >= 0.3 is 0 Å². The van der Waals surface area contributed by atoms with Gasteiger partial charge in [0.05, 0.1) is 28.3 Å². The first-order valence-electron chi connectivity index (χ1n) is 10.2. The van der Waals surface area contributed by atoms with Gasteiger partial charge in [0.1, 0.15) is 0 Å². The second-order valence-electron chi connectivity index (χ2n) is 8.12. The van der Waals surface area contributed by atoms with Crippen LogP contribution in [0, 0.1) is 5.82 Å². The Morgan fingerprint density at radius 3 is 1.82 bits per heavy atom. The molecule has 0 bridgehead atoms. The molecule has 3 aromatic heterocycles. The molecular formula is C22H23FN10. The normalized spacial score (nSPS) is 11.4. The zero-order valence-electron chi connectivity index (χ0n) is 18.7. The summed E-state index contributed by atoms with van der Waals surface area (Å²) in [6.07, 6.45) is 1.15. The summed E-state index contributed by atoms with van der Waals surface area (Å²) >= 11 is 0. The zero-order chi connectivity index (χ0) is 23.4. The van der Waals surface area contributed by atoms with E-state index in [0.717, 1.165) is 11.7 Å². The van der Waals surface area contributed by atoms with Crippen LogP contribution in [0.5, 0.6) is 0 Å². The summed E-state index contributed by atoms with van der Waals surface area (Å²) in [4.78, 5) is 21.8. The van der Waals surface area contributed by atoms with Crippen LogP contribution in [0.4, 0.5) is 27.7 Å². The summed E-state index contributed by atoms with van der Waals surface area (Å²) in [5.41, 5.74) is 15.9. The van der Waals surface area contributed by atoms with E-state index >= 15 is 4.39 Å². The van der Waals surface area contributed by atoms with E-state index in [1.807, 2.05) is 39.2 Å². The van der Waals surface area contributed by atoms with Crippen molar-refractivity contribution >= 4 is 45.3 Å². The Morgan fingerprint density at radius 1 is 0.758 bits per heavy atom. The third kappa shape index (κ3) is 3.25. The van der Waals surface area contributed by atoms with Crippen molar-refractivity contribution in [2.45, 2.75) is 0 Å². The predicted octanol–water partition coefficient (Wildman–Crippen LogP) is 2.59. The van der Waals surface area contributed by atoms with Crippen LogP contribution in [-0.2, 0) is 0 Å². The molecule has 5 rings (SSSR count). The fraction of sp³-hybridized carbons (Fsp3) is 0.182. The minimum Gasteiger partial charge on any atom is -0.399 e. The van der Waals surface area contributed by atoms with Crippen LogP contribution < -0.4 is 21.3 Å². The monoisotopic (exact) mass is 446 g/mol. The van der Waals surface area contributed by atoms with Gasteiger partial charge in [-0.05, 0) is 36.4 Å². The fourth-order valence-electron chi connectivity index (χ4n) is 3.78. The molecule has 2 aromatic carbocycles. The van der Waals surface area contributed by atoms with E-state index in [2.05, 4.69) is 19.9 Å². The van der Waals surface area contributed by atoms with E-state index in [1.165, 1.54) is 0 Å². The van der Waals surface area contributed by atoms with E-state index in [1.54, 1.807) is 44.4 Å². The molecule has 168 valence electrons. The molecule has 0 aliphatic rings. The molecule has 10 nitrogen and oxygen atoms in total. The molecule has 4 N–H and O–H groups in total. The van der Waals surface area contributed by atoms with Crippen molar-refractivity contribution in [2.75, 3.05) is 49.5 Å². The molecule has 0 radical (unpaired) electrons. The highest BCUT2D eigenvalue weighted by molar-refractivity contribution is 5.85. The highest BCUT2D eigenvalue weighted by Crippen LogP contribution is 2.30. The second kappa shape index (κ2) is 7.33. The minimum atomic E-state index is -0.598. The number of halogens is 1. The van der Waals surface area contributed by atoms with Gasteiger partial charge in [0, 0.05) is 39.6 Å². The maximum atomic E-state index is 15.2. The summed E-state index contributed by atoms with van der Waals surface area (Å²) in [6.45, 7) is 0. The largest absolute Gasteiger partial charge is 0.399 e. The molecule has 0 aliphatic heterocycles. The lowest BCUT2D eigenvalue weighted by Gasteiger charge is -2.17. The maximum Gasteiger partial charge on any atom is 0.239 e. The third-order valence-corrected chi connectivity index (χ3v) is 5.25. The highest BCUT2D eigenvalue weighted by atomic mass is 19.1. The number of anilines is 4. The van der Waals surface area contributed by atoms with Crippen LogP contribution >= 0.6 is 0 Å². The quantitative estimate of drug-likeness (QED) is 0.404. The van der Waals surface area contributed by atoms with Crippen molar-refractivity contribution < 1.29 is 4.39 Å². The molecule has 0 unspecified atom stereocenters. The van der Waals surface area contributed by atoms with Crippen LogP contribution in [0.1, 0.15) is 0 Å². The lowest BCUT2D eigenvalue weighted by atomic mass is 10.3. The second-order valence-corrected chi connectivity index (χ2v) is 8.12. The Labute approximate surface area is 188 Å². The van der Waals surface area contributed by atoms with Crippen molar-refractivity contribution in [3.8, 4) is 11.8 Å².